The zero-order valence-electron chi connectivity index (χ0n) is 12.0. The standard InChI is InChI=1S/C15H16N2O3S2/c1-8-12(22-14(16-8)11-3-2-6-21-11)13(18)17-10(15(19)20)7-9-4-5-9/h2-3,6,9-10H,4-5,7H2,1H3,(H,17,18)(H,19,20). The molecule has 1 amide bonds. The molecular weight excluding hydrogens is 320 g/mol. The Labute approximate surface area is 136 Å². The maximum atomic E-state index is 12.4. The summed E-state index contributed by atoms with van der Waals surface area (Å²) in [7, 11) is 0. The second-order valence-corrected chi connectivity index (χ2v) is 7.40. The summed E-state index contributed by atoms with van der Waals surface area (Å²) in [5.74, 6) is -0.877. The van der Waals surface area contributed by atoms with Gasteiger partial charge in [-0.25, -0.2) is 9.78 Å². The maximum Gasteiger partial charge on any atom is 0.326 e. The molecule has 1 unspecified atom stereocenters. The van der Waals surface area contributed by atoms with Gasteiger partial charge in [0.1, 0.15) is 15.9 Å². The third-order valence-corrected chi connectivity index (χ3v) is 5.80. The van der Waals surface area contributed by atoms with Gasteiger partial charge in [0, 0.05) is 0 Å². The quantitative estimate of drug-likeness (QED) is 0.849. The van der Waals surface area contributed by atoms with Crippen LogP contribution in [0.1, 0.15) is 34.6 Å². The van der Waals surface area contributed by atoms with Crippen molar-refractivity contribution in [1.29, 1.82) is 0 Å². The molecule has 5 nitrogen and oxygen atoms in total. The van der Waals surface area contributed by atoms with Gasteiger partial charge in [-0.3, -0.25) is 4.79 Å². The Hall–Kier alpha value is -1.73. The van der Waals surface area contributed by atoms with Gasteiger partial charge >= 0.3 is 5.97 Å². The lowest BCUT2D eigenvalue weighted by Crippen LogP contribution is -2.41. The zero-order chi connectivity index (χ0) is 15.7. The molecule has 2 aromatic heterocycles. The predicted octanol–water partition coefficient (Wildman–Crippen LogP) is 3.16. The van der Waals surface area contributed by atoms with Crippen LogP contribution in [0.4, 0.5) is 0 Å². The van der Waals surface area contributed by atoms with Gasteiger partial charge in [-0.2, -0.15) is 0 Å². The number of carbonyl (C=O) groups excluding carboxylic acids is 1. The normalized spacial score (nSPS) is 15.5. The average Bonchev–Trinajstić information content (AvgIpc) is 2.98. The first-order valence-electron chi connectivity index (χ1n) is 7.09. The molecule has 22 heavy (non-hydrogen) atoms. The van der Waals surface area contributed by atoms with Crippen LogP contribution in [0.5, 0.6) is 0 Å². The smallest absolute Gasteiger partial charge is 0.326 e. The van der Waals surface area contributed by atoms with Gasteiger partial charge in [0.25, 0.3) is 5.91 Å². The van der Waals surface area contributed by atoms with Crippen molar-refractivity contribution in [3.05, 3.63) is 28.1 Å². The fraction of sp³-hybridized carbons (Fsp3) is 0.400. The van der Waals surface area contributed by atoms with E-state index < -0.39 is 12.0 Å². The summed E-state index contributed by atoms with van der Waals surface area (Å²) in [5.41, 5.74) is 0.640. The number of carboxylic acids is 1. The van der Waals surface area contributed by atoms with E-state index in [1.165, 1.54) is 11.3 Å². The van der Waals surface area contributed by atoms with E-state index in [4.69, 9.17) is 0 Å². The molecule has 1 fully saturated rings. The number of carboxylic acid groups (broad SMARTS) is 1. The third-order valence-electron chi connectivity index (χ3n) is 3.60. The number of aliphatic carboxylic acids is 1. The highest BCUT2D eigenvalue weighted by atomic mass is 32.1. The van der Waals surface area contributed by atoms with Crippen LogP contribution in [0, 0.1) is 12.8 Å². The van der Waals surface area contributed by atoms with Crippen LogP contribution in [0.15, 0.2) is 17.5 Å². The van der Waals surface area contributed by atoms with Crippen molar-refractivity contribution in [2.75, 3.05) is 0 Å². The van der Waals surface area contributed by atoms with E-state index in [2.05, 4.69) is 10.3 Å². The molecule has 3 rings (SSSR count). The van der Waals surface area contributed by atoms with E-state index in [0.717, 1.165) is 22.7 Å². The molecule has 2 aromatic rings. The molecule has 1 atom stereocenters. The van der Waals surface area contributed by atoms with Crippen molar-refractivity contribution in [3.63, 3.8) is 0 Å². The molecule has 1 aliphatic rings. The first-order valence-corrected chi connectivity index (χ1v) is 8.79. The summed E-state index contributed by atoms with van der Waals surface area (Å²) >= 11 is 2.88. The molecule has 0 spiro atoms. The molecule has 0 aromatic carbocycles. The monoisotopic (exact) mass is 336 g/mol. The van der Waals surface area contributed by atoms with E-state index in [-0.39, 0.29) is 5.91 Å². The van der Waals surface area contributed by atoms with Gasteiger partial charge in [0.15, 0.2) is 0 Å². The Bertz CT molecular complexity index is 690. The Morgan fingerprint density at radius 3 is 2.86 bits per heavy atom. The summed E-state index contributed by atoms with van der Waals surface area (Å²) in [6.45, 7) is 1.78. The van der Waals surface area contributed by atoms with E-state index in [1.807, 2.05) is 17.5 Å². The van der Waals surface area contributed by atoms with Gasteiger partial charge in [0.05, 0.1) is 10.6 Å². The van der Waals surface area contributed by atoms with E-state index in [9.17, 15) is 14.7 Å². The second kappa shape index (κ2) is 6.18. The Kier molecular flexibility index (Phi) is 4.26. The topological polar surface area (TPSA) is 79.3 Å². The first kappa shape index (κ1) is 15.2. The largest absolute Gasteiger partial charge is 0.480 e. The highest BCUT2D eigenvalue weighted by molar-refractivity contribution is 7.22. The second-order valence-electron chi connectivity index (χ2n) is 5.45. The molecule has 0 aliphatic heterocycles. The summed E-state index contributed by atoms with van der Waals surface area (Å²) in [6.07, 6.45) is 2.63. The lowest BCUT2D eigenvalue weighted by molar-refractivity contribution is -0.139. The number of amides is 1. The van der Waals surface area contributed by atoms with Crippen LogP contribution in [0.2, 0.25) is 0 Å². The van der Waals surface area contributed by atoms with Crippen LogP contribution in [-0.4, -0.2) is 28.0 Å². The Morgan fingerprint density at radius 2 is 2.27 bits per heavy atom. The number of hydrogen-bond acceptors (Lipinski definition) is 5. The van der Waals surface area contributed by atoms with Crippen molar-refractivity contribution in [3.8, 4) is 9.88 Å². The third kappa shape index (κ3) is 3.36. The molecular formula is C15H16N2O3S2. The molecule has 0 saturated heterocycles. The van der Waals surface area contributed by atoms with Crippen LogP contribution < -0.4 is 5.32 Å². The molecule has 2 heterocycles. The average molecular weight is 336 g/mol. The molecule has 116 valence electrons. The minimum Gasteiger partial charge on any atom is -0.480 e. The number of thiazole rings is 1. The predicted molar refractivity (Wildman–Crippen MR) is 86.4 cm³/mol. The van der Waals surface area contributed by atoms with E-state index >= 15 is 0 Å². The van der Waals surface area contributed by atoms with E-state index in [1.54, 1.807) is 18.3 Å². The van der Waals surface area contributed by atoms with Crippen molar-refractivity contribution in [1.82, 2.24) is 10.3 Å². The molecule has 0 bridgehead atoms. The first-order chi connectivity index (χ1) is 10.5. The maximum absolute atomic E-state index is 12.4. The Morgan fingerprint density at radius 1 is 1.50 bits per heavy atom. The van der Waals surface area contributed by atoms with Crippen LogP contribution in [-0.2, 0) is 4.79 Å². The van der Waals surface area contributed by atoms with Gasteiger partial charge < -0.3 is 10.4 Å². The number of rotatable bonds is 6. The van der Waals surface area contributed by atoms with Crippen molar-refractivity contribution < 1.29 is 14.7 Å². The molecule has 1 aliphatic carbocycles. The van der Waals surface area contributed by atoms with Crippen molar-refractivity contribution in [2.45, 2.75) is 32.2 Å². The SMILES string of the molecule is Cc1nc(-c2cccs2)sc1C(=O)NC(CC1CC1)C(=O)O. The molecule has 1 saturated carbocycles. The summed E-state index contributed by atoms with van der Waals surface area (Å²) in [6, 6.07) is 3.08. The molecule has 7 heteroatoms. The number of aryl methyl sites for hydroxylation is 1. The van der Waals surface area contributed by atoms with Crippen LogP contribution in [0.3, 0.4) is 0 Å². The Balaban J connectivity index is 1.75. The van der Waals surface area contributed by atoms with Gasteiger partial charge in [-0.15, -0.1) is 22.7 Å². The van der Waals surface area contributed by atoms with Crippen LogP contribution in [0.25, 0.3) is 9.88 Å². The summed E-state index contributed by atoms with van der Waals surface area (Å²) in [5, 5.41) is 14.6. The number of nitrogens with zero attached hydrogens (tertiary/aromatic N) is 1. The molecule has 0 radical (unpaired) electrons. The zero-order valence-corrected chi connectivity index (χ0v) is 13.7. The lowest BCUT2D eigenvalue weighted by Gasteiger charge is -2.13. The van der Waals surface area contributed by atoms with Crippen molar-refractivity contribution in [2.24, 2.45) is 5.92 Å². The van der Waals surface area contributed by atoms with Gasteiger partial charge in [0.2, 0.25) is 0 Å². The number of aromatic nitrogens is 1. The fourth-order valence-corrected chi connectivity index (χ4v) is 4.01. The fourth-order valence-electron chi connectivity index (χ4n) is 2.24. The van der Waals surface area contributed by atoms with Crippen LogP contribution >= 0.6 is 22.7 Å². The number of hydrogen-bond donors (Lipinski definition) is 2. The number of thiophene rings is 1. The number of carbonyl (C=O) groups is 2. The highest BCUT2D eigenvalue weighted by Crippen LogP contribution is 2.34. The molecule has 2 N–H and O–H groups in total. The summed E-state index contributed by atoms with van der Waals surface area (Å²) in [4.78, 5) is 29.6. The highest BCUT2D eigenvalue weighted by Gasteiger charge is 2.31. The van der Waals surface area contributed by atoms with Gasteiger partial charge in [-0.1, -0.05) is 18.9 Å². The van der Waals surface area contributed by atoms with Crippen molar-refractivity contribution >= 4 is 34.6 Å². The van der Waals surface area contributed by atoms with Gasteiger partial charge in [-0.05, 0) is 30.7 Å². The number of nitrogens with one attached hydrogen (secondary N) is 1. The van der Waals surface area contributed by atoms with E-state index in [0.29, 0.717) is 22.9 Å². The minimum absolute atomic E-state index is 0.342. The minimum atomic E-state index is -0.971. The summed E-state index contributed by atoms with van der Waals surface area (Å²) < 4.78 is 0. The lowest BCUT2D eigenvalue weighted by atomic mass is 10.1.